The molecular weight excluding hydrogens is 324 g/mol. The van der Waals surface area contributed by atoms with Gasteiger partial charge >= 0.3 is 0 Å². The van der Waals surface area contributed by atoms with Crippen molar-refractivity contribution in [2.45, 2.75) is 19.6 Å². The van der Waals surface area contributed by atoms with E-state index in [1.54, 1.807) is 43.5 Å². The van der Waals surface area contributed by atoms with E-state index in [0.717, 1.165) is 4.47 Å². The molecule has 1 atom stereocenters. The number of halogens is 1. The Morgan fingerprint density at radius 3 is 2.95 bits per heavy atom. The summed E-state index contributed by atoms with van der Waals surface area (Å²) in [5.74, 6) is 1.01. The first-order chi connectivity index (χ1) is 9.54. The fraction of sp³-hybridized carbons (Fsp3) is 0.214. The van der Waals surface area contributed by atoms with E-state index in [4.69, 9.17) is 14.9 Å². The lowest BCUT2D eigenvalue weighted by Gasteiger charge is -2.15. The van der Waals surface area contributed by atoms with Crippen molar-refractivity contribution >= 4 is 27.5 Å². The molecule has 106 valence electrons. The highest BCUT2D eigenvalue weighted by atomic mass is 79.9. The quantitative estimate of drug-likeness (QED) is 0.821. The van der Waals surface area contributed by atoms with E-state index in [9.17, 15) is 4.79 Å². The first kappa shape index (κ1) is 14.5. The van der Waals surface area contributed by atoms with Gasteiger partial charge in [-0.25, -0.2) is 0 Å². The van der Waals surface area contributed by atoms with E-state index in [-0.39, 0.29) is 5.91 Å². The summed E-state index contributed by atoms with van der Waals surface area (Å²) in [6, 6.07) is 8.74. The average molecular weight is 339 g/mol. The van der Waals surface area contributed by atoms with Crippen LogP contribution in [0.1, 0.15) is 12.7 Å². The number of nitrogens with one attached hydrogen (secondary N) is 1. The van der Waals surface area contributed by atoms with Crippen LogP contribution in [0.15, 0.2) is 45.5 Å². The lowest BCUT2D eigenvalue weighted by Crippen LogP contribution is -2.35. The van der Waals surface area contributed by atoms with Gasteiger partial charge in [-0.15, -0.1) is 0 Å². The second-order valence-electron chi connectivity index (χ2n) is 4.28. The van der Waals surface area contributed by atoms with Gasteiger partial charge in [0.15, 0.2) is 6.10 Å². The molecule has 2 rings (SSSR count). The smallest absolute Gasteiger partial charge is 0.261 e. The molecule has 20 heavy (non-hydrogen) atoms. The van der Waals surface area contributed by atoms with Crippen molar-refractivity contribution < 1.29 is 13.9 Å². The minimum absolute atomic E-state index is 0.222. The van der Waals surface area contributed by atoms with Crippen LogP contribution in [0.5, 0.6) is 5.75 Å². The molecule has 6 heteroatoms. The molecule has 3 N–H and O–H groups in total. The van der Waals surface area contributed by atoms with Crippen LogP contribution in [0.4, 0.5) is 5.69 Å². The van der Waals surface area contributed by atoms with Crippen LogP contribution in [0.3, 0.4) is 0 Å². The molecule has 1 aromatic heterocycles. The highest BCUT2D eigenvalue weighted by Crippen LogP contribution is 2.23. The summed E-state index contributed by atoms with van der Waals surface area (Å²) in [5, 5.41) is 2.73. The third-order valence-electron chi connectivity index (χ3n) is 2.59. The van der Waals surface area contributed by atoms with Crippen molar-refractivity contribution in [1.29, 1.82) is 0 Å². The molecule has 1 heterocycles. The summed E-state index contributed by atoms with van der Waals surface area (Å²) >= 11 is 3.32. The largest absolute Gasteiger partial charge is 0.481 e. The zero-order valence-electron chi connectivity index (χ0n) is 10.9. The number of ether oxygens (including phenoxy) is 1. The van der Waals surface area contributed by atoms with Crippen molar-refractivity contribution in [1.82, 2.24) is 5.32 Å². The molecule has 0 saturated carbocycles. The van der Waals surface area contributed by atoms with Crippen molar-refractivity contribution in [2.75, 3.05) is 5.73 Å². The Balaban J connectivity index is 1.90. The van der Waals surface area contributed by atoms with Crippen LogP contribution in [0, 0.1) is 0 Å². The lowest BCUT2D eigenvalue weighted by atomic mass is 10.3. The molecule has 2 aromatic rings. The number of nitrogen functional groups attached to an aromatic ring is 1. The summed E-state index contributed by atoms with van der Waals surface area (Å²) < 4.78 is 11.5. The Morgan fingerprint density at radius 1 is 1.50 bits per heavy atom. The number of carbonyl (C=O) groups is 1. The zero-order valence-corrected chi connectivity index (χ0v) is 12.5. The van der Waals surface area contributed by atoms with E-state index < -0.39 is 6.10 Å². The number of carbonyl (C=O) groups excluding carboxylic acids is 1. The molecule has 1 aromatic carbocycles. The first-order valence-corrected chi connectivity index (χ1v) is 6.86. The fourth-order valence-electron chi connectivity index (χ4n) is 1.64. The standard InChI is InChI=1S/C14H15BrN2O3/c1-9(14(18)17-8-12-3-2-4-19-12)20-13-6-10(15)5-11(16)7-13/h2-7,9H,8,16H2,1H3,(H,17,18). The summed E-state index contributed by atoms with van der Waals surface area (Å²) in [6.07, 6.45) is 0.935. The monoisotopic (exact) mass is 338 g/mol. The number of amides is 1. The Hall–Kier alpha value is -1.95. The molecule has 0 aliphatic heterocycles. The number of hydrogen-bond donors (Lipinski definition) is 2. The van der Waals surface area contributed by atoms with Crippen LogP contribution in [-0.2, 0) is 11.3 Å². The Morgan fingerprint density at radius 2 is 2.30 bits per heavy atom. The van der Waals surface area contributed by atoms with Gasteiger partial charge in [0.1, 0.15) is 11.5 Å². The van der Waals surface area contributed by atoms with Gasteiger partial charge in [-0.3, -0.25) is 4.79 Å². The molecule has 1 unspecified atom stereocenters. The van der Waals surface area contributed by atoms with Gasteiger partial charge in [0, 0.05) is 16.2 Å². The number of hydrogen-bond acceptors (Lipinski definition) is 4. The van der Waals surface area contributed by atoms with Gasteiger partial charge < -0.3 is 20.2 Å². The summed E-state index contributed by atoms with van der Waals surface area (Å²) in [4.78, 5) is 11.9. The fourth-order valence-corrected chi connectivity index (χ4v) is 2.13. The number of nitrogens with two attached hydrogens (primary N) is 1. The van der Waals surface area contributed by atoms with Crippen LogP contribution in [0.2, 0.25) is 0 Å². The second kappa shape index (κ2) is 6.47. The molecule has 1 amide bonds. The number of rotatable bonds is 5. The molecule has 0 radical (unpaired) electrons. The van der Waals surface area contributed by atoms with Crippen LogP contribution in [-0.4, -0.2) is 12.0 Å². The average Bonchev–Trinajstić information content (AvgIpc) is 2.87. The minimum atomic E-state index is -0.626. The molecule has 0 saturated heterocycles. The lowest BCUT2D eigenvalue weighted by molar-refractivity contribution is -0.127. The molecule has 0 aliphatic rings. The van der Waals surface area contributed by atoms with E-state index in [1.165, 1.54) is 0 Å². The van der Waals surface area contributed by atoms with Gasteiger partial charge in [-0.05, 0) is 31.2 Å². The van der Waals surface area contributed by atoms with E-state index in [2.05, 4.69) is 21.2 Å². The van der Waals surface area contributed by atoms with Crippen molar-refractivity contribution in [3.05, 3.63) is 46.8 Å². The maximum atomic E-state index is 11.9. The van der Waals surface area contributed by atoms with E-state index in [1.807, 2.05) is 0 Å². The Kier molecular flexibility index (Phi) is 4.68. The molecule has 5 nitrogen and oxygen atoms in total. The Labute approximate surface area is 125 Å². The van der Waals surface area contributed by atoms with Gasteiger partial charge in [-0.2, -0.15) is 0 Å². The van der Waals surface area contributed by atoms with Crippen molar-refractivity contribution in [3.63, 3.8) is 0 Å². The molecular formula is C14H15BrN2O3. The van der Waals surface area contributed by atoms with Crippen LogP contribution in [0.25, 0.3) is 0 Å². The number of benzene rings is 1. The molecule has 0 bridgehead atoms. The van der Waals surface area contributed by atoms with Gasteiger partial charge in [0.25, 0.3) is 5.91 Å². The summed E-state index contributed by atoms with van der Waals surface area (Å²) in [5.41, 5.74) is 6.28. The summed E-state index contributed by atoms with van der Waals surface area (Å²) in [7, 11) is 0. The predicted octanol–water partition coefficient (Wildman–Crippen LogP) is 2.71. The summed E-state index contributed by atoms with van der Waals surface area (Å²) in [6.45, 7) is 2.01. The predicted molar refractivity (Wildman–Crippen MR) is 79.2 cm³/mol. The third-order valence-corrected chi connectivity index (χ3v) is 3.05. The van der Waals surface area contributed by atoms with Crippen molar-refractivity contribution in [2.24, 2.45) is 0 Å². The molecule has 0 aliphatic carbocycles. The SMILES string of the molecule is CC(Oc1cc(N)cc(Br)c1)C(=O)NCc1ccco1. The minimum Gasteiger partial charge on any atom is -0.481 e. The van der Waals surface area contributed by atoms with Gasteiger partial charge in [0.05, 0.1) is 12.8 Å². The first-order valence-electron chi connectivity index (χ1n) is 6.07. The highest BCUT2D eigenvalue weighted by molar-refractivity contribution is 9.10. The van der Waals surface area contributed by atoms with Gasteiger partial charge in [-0.1, -0.05) is 15.9 Å². The van der Waals surface area contributed by atoms with Gasteiger partial charge in [0.2, 0.25) is 0 Å². The normalized spacial score (nSPS) is 11.9. The van der Waals surface area contributed by atoms with E-state index in [0.29, 0.717) is 23.7 Å². The molecule has 0 spiro atoms. The third kappa shape index (κ3) is 4.03. The maximum absolute atomic E-state index is 11.9. The van der Waals surface area contributed by atoms with Crippen molar-refractivity contribution in [3.8, 4) is 5.75 Å². The van der Waals surface area contributed by atoms with Crippen LogP contribution >= 0.6 is 15.9 Å². The maximum Gasteiger partial charge on any atom is 0.261 e. The second-order valence-corrected chi connectivity index (χ2v) is 5.19. The Bertz CT molecular complexity index is 564. The number of anilines is 1. The van der Waals surface area contributed by atoms with Crippen LogP contribution < -0.4 is 15.8 Å². The zero-order chi connectivity index (χ0) is 14.5. The number of furan rings is 1. The highest BCUT2D eigenvalue weighted by Gasteiger charge is 2.15. The molecule has 0 fully saturated rings. The van der Waals surface area contributed by atoms with E-state index >= 15 is 0 Å². The topological polar surface area (TPSA) is 77.5 Å².